The van der Waals surface area contributed by atoms with Crippen LogP contribution in [0.2, 0.25) is 0 Å². The van der Waals surface area contributed by atoms with Gasteiger partial charge in [-0.2, -0.15) is 0 Å². The summed E-state index contributed by atoms with van der Waals surface area (Å²) < 4.78 is 0. The van der Waals surface area contributed by atoms with E-state index in [1.54, 1.807) is 0 Å². The first-order valence-corrected chi connectivity index (χ1v) is 6.69. The van der Waals surface area contributed by atoms with Crippen LogP contribution in [0, 0.1) is 0 Å². The molecule has 1 aliphatic rings. The summed E-state index contributed by atoms with van der Waals surface area (Å²) in [5.41, 5.74) is 0.0739. The number of nitrogens with one attached hydrogen (secondary N) is 1. The van der Waals surface area contributed by atoms with Gasteiger partial charge in [0.15, 0.2) is 0 Å². The molecule has 0 bridgehead atoms. The number of rotatable bonds is 7. The van der Waals surface area contributed by atoms with E-state index in [2.05, 4.69) is 12.2 Å². The van der Waals surface area contributed by atoms with Gasteiger partial charge in [-0.05, 0) is 25.8 Å². The monoisotopic (exact) mass is 213 g/mol. The van der Waals surface area contributed by atoms with E-state index in [0.29, 0.717) is 6.61 Å². The first-order chi connectivity index (χ1) is 7.33. The maximum Gasteiger partial charge on any atom is 0.0613 e. The first kappa shape index (κ1) is 13.0. The molecule has 0 unspecified atom stereocenters. The Hall–Kier alpha value is -0.0800. The molecule has 0 amide bonds. The largest absolute Gasteiger partial charge is 0.394 e. The lowest BCUT2D eigenvalue weighted by atomic mass is 9.82. The van der Waals surface area contributed by atoms with Crippen molar-refractivity contribution in [3.63, 3.8) is 0 Å². The first-order valence-electron chi connectivity index (χ1n) is 6.69. The summed E-state index contributed by atoms with van der Waals surface area (Å²) in [5.74, 6) is 0. The van der Waals surface area contributed by atoms with Gasteiger partial charge in [-0.15, -0.1) is 0 Å². The second-order valence-corrected chi connectivity index (χ2v) is 4.99. The van der Waals surface area contributed by atoms with Crippen LogP contribution in [0.15, 0.2) is 0 Å². The van der Waals surface area contributed by atoms with Crippen molar-refractivity contribution in [2.45, 2.75) is 70.3 Å². The van der Waals surface area contributed by atoms with Crippen molar-refractivity contribution in [1.29, 1.82) is 0 Å². The molecule has 1 saturated carbocycles. The van der Waals surface area contributed by atoms with E-state index in [4.69, 9.17) is 0 Å². The van der Waals surface area contributed by atoms with Gasteiger partial charge < -0.3 is 10.4 Å². The van der Waals surface area contributed by atoms with Crippen LogP contribution in [0.5, 0.6) is 0 Å². The van der Waals surface area contributed by atoms with Crippen LogP contribution in [0.25, 0.3) is 0 Å². The number of hydrogen-bond acceptors (Lipinski definition) is 2. The summed E-state index contributed by atoms with van der Waals surface area (Å²) in [6.07, 6.45) is 11.5. The standard InChI is InChI=1S/C13H27NO/c1-2-3-4-8-11-14-13(12-15)9-6-5-7-10-13/h14-15H,2-12H2,1H3. The van der Waals surface area contributed by atoms with Crippen LogP contribution >= 0.6 is 0 Å². The van der Waals surface area contributed by atoms with Crippen LogP contribution in [-0.2, 0) is 0 Å². The third kappa shape index (κ3) is 4.52. The molecule has 0 aliphatic heterocycles. The summed E-state index contributed by atoms with van der Waals surface area (Å²) in [6.45, 7) is 3.64. The van der Waals surface area contributed by atoms with Gasteiger partial charge in [0.05, 0.1) is 6.61 Å². The van der Waals surface area contributed by atoms with Crippen molar-refractivity contribution in [3.05, 3.63) is 0 Å². The fourth-order valence-electron chi connectivity index (χ4n) is 2.52. The molecule has 2 N–H and O–H groups in total. The van der Waals surface area contributed by atoms with Gasteiger partial charge in [0.2, 0.25) is 0 Å². The molecule has 0 radical (unpaired) electrons. The molecule has 0 aromatic carbocycles. The van der Waals surface area contributed by atoms with Gasteiger partial charge in [-0.3, -0.25) is 0 Å². The van der Waals surface area contributed by atoms with Gasteiger partial charge in [-0.1, -0.05) is 45.4 Å². The highest BCUT2D eigenvalue weighted by Crippen LogP contribution is 2.27. The summed E-state index contributed by atoms with van der Waals surface area (Å²) >= 11 is 0. The molecule has 0 aromatic rings. The van der Waals surface area contributed by atoms with E-state index in [1.807, 2.05) is 0 Å². The molecule has 0 heterocycles. The minimum Gasteiger partial charge on any atom is -0.394 e. The van der Waals surface area contributed by atoms with E-state index < -0.39 is 0 Å². The van der Waals surface area contributed by atoms with Crippen molar-refractivity contribution >= 4 is 0 Å². The lowest BCUT2D eigenvalue weighted by molar-refractivity contribution is 0.121. The molecule has 1 fully saturated rings. The molecule has 0 spiro atoms. The average molecular weight is 213 g/mol. The minimum absolute atomic E-state index is 0.0739. The predicted molar refractivity (Wildman–Crippen MR) is 65.0 cm³/mol. The average Bonchev–Trinajstić information content (AvgIpc) is 2.30. The molecule has 90 valence electrons. The summed E-state index contributed by atoms with van der Waals surface area (Å²) in [4.78, 5) is 0. The Morgan fingerprint density at radius 3 is 2.40 bits per heavy atom. The maximum atomic E-state index is 9.48. The van der Waals surface area contributed by atoms with Crippen molar-refractivity contribution in [2.75, 3.05) is 13.2 Å². The zero-order valence-electron chi connectivity index (χ0n) is 10.2. The predicted octanol–water partition coefficient (Wildman–Crippen LogP) is 2.85. The van der Waals surface area contributed by atoms with E-state index in [9.17, 15) is 5.11 Å². The normalized spacial score (nSPS) is 20.4. The van der Waals surface area contributed by atoms with Crippen LogP contribution in [0.3, 0.4) is 0 Å². The topological polar surface area (TPSA) is 32.3 Å². The minimum atomic E-state index is 0.0739. The molecular formula is C13H27NO. The highest BCUT2D eigenvalue weighted by atomic mass is 16.3. The fourth-order valence-corrected chi connectivity index (χ4v) is 2.52. The third-order valence-corrected chi connectivity index (χ3v) is 3.64. The van der Waals surface area contributed by atoms with E-state index in [-0.39, 0.29) is 5.54 Å². The van der Waals surface area contributed by atoms with Gasteiger partial charge in [0.1, 0.15) is 0 Å². The van der Waals surface area contributed by atoms with Gasteiger partial charge in [-0.25, -0.2) is 0 Å². The van der Waals surface area contributed by atoms with Crippen molar-refractivity contribution in [1.82, 2.24) is 5.32 Å². The van der Waals surface area contributed by atoms with Gasteiger partial charge in [0, 0.05) is 5.54 Å². The Kier molecular flexibility index (Phi) is 6.26. The lowest BCUT2D eigenvalue weighted by Gasteiger charge is -2.36. The highest BCUT2D eigenvalue weighted by molar-refractivity contribution is 4.89. The van der Waals surface area contributed by atoms with Crippen LogP contribution < -0.4 is 5.32 Å². The smallest absolute Gasteiger partial charge is 0.0613 e. The Labute approximate surface area is 94.5 Å². The second-order valence-electron chi connectivity index (χ2n) is 4.99. The van der Waals surface area contributed by atoms with Gasteiger partial charge >= 0.3 is 0 Å². The number of aliphatic hydroxyl groups excluding tert-OH is 1. The lowest BCUT2D eigenvalue weighted by Crippen LogP contribution is -2.50. The molecule has 0 aromatic heterocycles. The molecule has 2 nitrogen and oxygen atoms in total. The van der Waals surface area contributed by atoms with Crippen LogP contribution in [0.4, 0.5) is 0 Å². The summed E-state index contributed by atoms with van der Waals surface area (Å²) in [5, 5.41) is 13.1. The van der Waals surface area contributed by atoms with E-state index >= 15 is 0 Å². The fraction of sp³-hybridized carbons (Fsp3) is 1.00. The van der Waals surface area contributed by atoms with Crippen molar-refractivity contribution < 1.29 is 5.11 Å². The molecule has 2 heteroatoms. The Morgan fingerprint density at radius 1 is 1.07 bits per heavy atom. The molecule has 1 rings (SSSR count). The summed E-state index contributed by atoms with van der Waals surface area (Å²) in [6, 6.07) is 0. The van der Waals surface area contributed by atoms with Crippen molar-refractivity contribution in [2.24, 2.45) is 0 Å². The van der Waals surface area contributed by atoms with Gasteiger partial charge in [0.25, 0.3) is 0 Å². The number of unbranched alkanes of at least 4 members (excludes halogenated alkanes) is 3. The Bertz CT molecular complexity index is 153. The number of aliphatic hydroxyl groups is 1. The van der Waals surface area contributed by atoms with E-state index in [0.717, 1.165) is 19.4 Å². The van der Waals surface area contributed by atoms with Crippen LogP contribution in [0.1, 0.15) is 64.7 Å². The zero-order valence-corrected chi connectivity index (χ0v) is 10.2. The summed E-state index contributed by atoms with van der Waals surface area (Å²) in [7, 11) is 0. The number of hydrogen-bond donors (Lipinski definition) is 2. The van der Waals surface area contributed by atoms with Crippen molar-refractivity contribution in [3.8, 4) is 0 Å². The van der Waals surface area contributed by atoms with Crippen LogP contribution in [-0.4, -0.2) is 23.8 Å². The SMILES string of the molecule is CCCCCCNC1(CO)CCCCC1. The molecule has 1 aliphatic carbocycles. The molecule has 15 heavy (non-hydrogen) atoms. The quantitative estimate of drug-likeness (QED) is 0.637. The maximum absolute atomic E-state index is 9.48. The zero-order chi connectivity index (χ0) is 11.0. The Morgan fingerprint density at radius 2 is 1.80 bits per heavy atom. The Balaban J connectivity index is 2.15. The van der Waals surface area contributed by atoms with E-state index in [1.165, 1.54) is 44.9 Å². The molecular weight excluding hydrogens is 186 g/mol. The third-order valence-electron chi connectivity index (χ3n) is 3.64. The molecule has 0 saturated heterocycles. The highest BCUT2D eigenvalue weighted by Gasteiger charge is 2.30. The second kappa shape index (κ2) is 7.24. The molecule has 0 atom stereocenters.